The molecule has 2 heteroatoms. The summed E-state index contributed by atoms with van der Waals surface area (Å²) in [5, 5.41) is 0. The quantitative estimate of drug-likeness (QED) is 0.815. The first kappa shape index (κ1) is 12.9. The van der Waals surface area contributed by atoms with Crippen LogP contribution in [-0.4, -0.2) is 18.2 Å². The van der Waals surface area contributed by atoms with Gasteiger partial charge >= 0.3 is 0 Å². The van der Waals surface area contributed by atoms with Gasteiger partial charge in [-0.1, -0.05) is 33.1 Å². The third-order valence-electron chi connectivity index (χ3n) is 5.89. The van der Waals surface area contributed by atoms with Crippen LogP contribution in [0.1, 0.15) is 65.2 Å². The highest BCUT2D eigenvalue weighted by Crippen LogP contribution is 2.56. The molecular formula is C16H29NO. The number of hydrogen-bond acceptors (Lipinski definition) is 2. The average molecular weight is 251 g/mol. The monoisotopic (exact) mass is 251 g/mol. The van der Waals surface area contributed by atoms with Gasteiger partial charge in [0, 0.05) is 12.6 Å². The van der Waals surface area contributed by atoms with E-state index in [9.17, 15) is 0 Å². The molecule has 18 heavy (non-hydrogen) atoms. The van der Waals surface area contributed by atoms with Crippen molar-refractivity contribution in [1.29, 1.82) is 0 Å². The van der Waals surface area contributed by atoms with E-state index in [0.29, 0.717) is 17.4 Å². The molecule has 3 atom stereocenters. The first-order valence-corrected chi connectivity index (χ1v) is 7.92. The Balaban J connectivity index is 1.63. The first-order valence-electron chi connectivity index (χ1n) is 7.92. The zero-order valence-corrected chi connectivity index (χ0v) is 12.1. The summed E-state index contributed by atoms with van der Waals surface area (Å²) in [4.78, 5) is 0. The van der Waals surface area contributed by atoms with E-state index in [1.807, 2.05) is 0 Å². The predicted molar refractivity (Wildman–Crippen MR) is 74.4 cm³/mol. The van der Waals surface area contributed by atoms with Gasteiger partial charge in [0.1, 0.15) is 0 Å². The van der Waals surface area contributed by atoms with Gasteiger partial charge in [-0.25, -0.2) is 0 Å². The number of ether oxygens (including phenoxy) is 1. The van der Waals surface area contributed by atoms with Crippen molar-refractivity contribution in [2.75, 3.05) is 6.61 Å². The van der Waals surface area contributed by atoms with Crippen LogP contribution in [0.4, 0.5) is 0 Å². The number of nitrogens with two attached hydrogens (primary N) is 1. The fourth-order valence-corrected chi connectivity index (χ4v) is 4.43. The molecule has 0 bridgehead atoms. The van der Waals surface area contributed by atoms with Gasteiger partial charge < -0.3 is 10.5 Å². The lowest BCUT2D eigenvalue weighted by Gasteiger charge is -2.45. The van der Waals surface area contributed by atoms with E-state index in [4.69, 9.17) is 10.5 Å². The van der Waals surface area contributed by atoms with Crippen LogP contribution < -0.4 is 5.73 Å². The molecule has 2 aliphatic carbocycles. The van der Waals surface area contributed by atoms with Gasteiger partial charge in [0.05, 0.1) is 5.60 Å². The van der Waals surface area contributed by atoms with E-state index in [2.05, 4.69) is 13.8 Å². The SMILES string of the molecule is CC1(C)CC1C(N)C1CCOC2(CCCCC2)C1. The van der Waals surface area contributed by atoms with E-state index in [1.54, 1.807) is 0 Å². The summed E-state index contributed by atoms with van der Waals surface area (Å²) in [5.41, 5.74) is 7.30. The highest BCUT2D eigenvalue weighted by atomic mass is 16.5. The smallest absolute Gasteiger partial charge is 0.0685 e. The topological polar surface area (TPSA) is 35.2 Å². The minimum Gasteiger partial charge on any atom is -0.375 e. The van der Waals surface area contributed by atoms with Crippen LogP contribution in [0.2, 0.25) is 0 Å². The van der Waals surface area contributed by atoms with Gasteiger partial charge in [0.2, 0.25) is 0 Å². The van der Waals surface area contributed by atoms with E-state index in [1.165, 1.54) is 51.4 Å². The summed E-state index contributed by atoms with van der Waals surface area (Å²) in [6.07, 6.45) is 10.4. The maximum Gasteiger partial charge on any atom is 0.0685 e. The summed E-state index contributed by atoms with van der Waals surface area (Å²) >= 11 is 0. The molecule has 0 aromatic carbocycles. The zero-order chi connectivity index (χ0) is 12.8. The lowest BCUT2D eigenvalue weighted by molar-refractivity contribution is -0.121. The third kappa shape index (κ3) is 2.34. The maximum absolute atomic E-state index is 6.56. The molecule has 1 aliphatic heterocycles. The van der Waals surface area contributed by atoms with E-state index >= 15 is 0 Å². The molecule has 1 spiro atoms. The van der Waals surface area contributed by atoms with Crippen LogP contribution >= 0.6 is 0 Å². The zero-order valence-electron chi connectivity index (χ0n) is 12.1. The summed E-state index contributed by atoms with van der Waals surface area (Å²) in [6.45, 7) is 5.69. The van der Waals surface area contributed by atoms with Crippen molar-refractivity contribution >= 4 is 0 Å². The second-order valence-corrected chi connectivity index (χ2v) is 7.72. The summed E-state index contributed by atoms with van der Waals surface area (Å²) in [7, 11) is 0. The minimum atomic E-state index is 0.220. The van der Waals surface area contributed by atoms with Gasteiger partial charge in [0.25, 0.3) is 0 Å². The second kappa shape index (κ2) is 4.49. The van der Waals surface area contributed by atoms with Gasteiger partial charge in [0.15, 0.2) is 0 Å². The Kier molecular flexibility index (Phi) is 3.22. The van der Waals surface area contributed by atoms with Crippen LogP contribution in [0, 0.1) is 17.3 Å². The van der Waals surface area contributed by atoms with Crippen molar-refractivity contribution in [3.8, 4) is 0 Å². The minimum absolute atomic E-state index is 0.220. The molecule has 0 aromatic heterocycles. The fraction of sp³-hybridized carbons (Fsp3) is 1.00. The fourth-order valence-electron chi connectivity index (χ4n) is 4.43. The highest BCUT2D eigenvalue weighted by Gasteiger charge is 2.52. The molecule has 1 heterocycles. The number of hydrogen-bond donors (Lipinski definition) is 1. The van der Waals surface area contributed by atoms with Crippen molar-refractivity contribution in [1.82, 2.24) is 0 Å². The molecule has 0 amide bonds. The Hall–Kier alpha value is -0.0800. The molecule has 3 rings (SSSR count). The molecule has 2 saturated carbocycles. The van der Waals surface area contributed by atoms with Crippen LogP contribution in [0.5, 0.6) is 0 Å². The van der Waals surface area contributed by atoms with Crippen LogP contribution in [-0.2, 0) is 4.74 Å². The maximum atomic E-state index is 6.56. The average Bonchev–Trinajstić information content (AvgIpc) is 2.98. The van der Waals surface area contributed by atoms with Crippen molar-refractivity contribution in [3.63, 3.8) is 0 Å². The lowest BCUT2D eigenvalue weighted by atomic mass is 9.73. The van der Waals surface area contributed by atoms with Crippen molar-refractivity contribution < 1.29 is 4.74 Å². The van der Waals surface area contributed by atoms with Gasteiger partial charge in [-0.3, -0.25) is 0 Å². The van der Waals surface area contributed by atoms with Crippen molar-refractivity contribution in [3.05, 3.63) is 0 Å². The Morgan fingerprint density at radius 2 is 1.78 bits per heavy atom. The number of rotatable bonds is 2. The molecule has 3 fully saturated rings. The van der Waals surface area contributed by atoms with Crippen molar-refractivity contribution in [2.24, 2.45) is 23.0 Å². The Morgan fingerprint density at radius 3 is 2.39 bits per heavy atom. The molecular weight excluding hydrogens is 222 g/mol. The Bertz CT molecular complexity index is 301. The largest absolute Gasteiger partial charge is 0.375 e. The summed E-state index contributed by atoms with van der Waals surface area (Å²) in [6, 6.07) is 0.419. The highest BCUT2D eigenvalue weighted by molar-refractivity contribution is 5.04. The Morgan fingerprint density at radius 1 is 1.11 bits per heavy atom. The van der Waals surface area contributed by atoms with Crippen LogP contribution in [0.25, 0.3) is 0 Å². The van der Waals surface area contributed by atoms with Crippen molar-refractivity contribution in [2.45, 2.75) is 76.9 Å². The summed E-state index contributed by atoms with van der Waals surface area (Å²) < 4.78 is 6.18. The van der Waals surface area contributed by atoms with E-state index in [0.717, 1.165) is 12.5 Å². The predicted octanol–water partition coefficient (Wildman–Crippen LogP) is 3.49. The van der Waals surface area contributed by atoms with Crippen LogP contribution in [0.15, 0.2) is 0 Å². The second-order valence-electron chi connectivity index (χ2n) is 7.72. The lowest BCUT2D eigenvalue weighted by Crippen LogP contribution is -2.47. The van der Waals surface area contributed by atoms with E-state index < -0.39 is 0 Å². The van der Waals surface area contributed by atoms with Crippen LogP contribution in [0.3, 0.4) is 0 Å². The molecule has 2 nitrogen and oxygen atoms in total. The van der Waals surface area contributed by atoms with Gasteiger partial charge in [-0.2, -0.15) is 0 Å². The molecule has 0 radical (unpaired) electrons. The Labute approximate surface area is 112 Å². The molecule has 104 valence electrons. The van der Waals surface area contributed by atoms with Gasteiger partial charge in [-0.15, -0.1) is 0 Å². The standard InChI is InChI=1S/C16H29NO/c1-15(2)11-13(15)14(17)12-6-9-18-16(10-12)7-4-3-5-8-16/h12-14H,3-11,17H2,1-2H3. The van der Waals surface area contributed by atoms with E-state index in [-0.39, 0.29) is 5.60 Å². The molecule has 1 saturated heterocycles. The molecule has 3 unspecified atom stereocenters. The van der Waals surface area contributed by atoms with Gasteiger partial charge in [-0.05, 0) is 49.4 Å². The molecule has 2 N–H and O–H groups in total. The normalized spacial score (nSPS) is 39.5. The summed E-state index contributed by atoms with van der Waals surface area (Å²) in [5.74, 6) is 1.48. The molecule has 3 aliphatic rings. The third-order valence-corrected chi connectivity index (χ3v) is 5.89. The molecule has 0 aromatic rings. The first-order chi connectivity index (χ1) is 8.53.